The summed E-state index contributed by atoms with van der Waals surface area (Å²) in [6.45, 7) is 0.264. The van der Waals surface area contributed by atoms with Crippen LogP contribution in [0.3, 0.4) is 0 Å². The van der Waals surface area contributed by atoms with Crippen LogP contribution in [0.5, 0.6) is 5.75 Å². The minimum absolute atomic E-state index is 0.00202. The highest BCUT2D eigenvalue weighted by atomic mass is 35.5. The molecule has 1 N–H and O–H groups in total. The van der Waals surface area contributed by atoms with Gasteiger partial charge in [0.25, 0.3) is 5.91 Å². The number of amides is 1. The van der Waals surface area contributed by atoms with E-state index in [1.165, 1.54) is 33.9 Å². The molecule has 8 nitrogen and oxygen atoms in total. The molecule has 32 heavy (non-hydrogen) atoms. The zero-order chi connectivity index (χ0) is 22.7. The van der Waals surface area contributed by atoms with Crippen LogP contribution in [0.4, 0.5) is 10.3 Å². The van der Waals surface area contributed by atoms with E-state index >= 15 is 0 Å². The molecule has 2 heterocycles. The van der Waals surface area contributed by atoms with Gasteiger partial charge in [-0.2, -0.15) is 5.10 Å². The highest BCUT2D eigenvalue weighted by Crippen LogP contribution is 2.32. The molecule has 0 spiro atoms. The highest BCUT2D eigenvalue weighted by Gasteiger charge is 2.14. The Morgan fingerprint density at radius 1 is 1.03 bits per heavy atom. The van der Waals surface area contributed by atoms with Gasteiger partial charge in [0, 0.05) is 11.2 Å². The van der Waals surface area contributed by atoms with Crippen LogP contribution < -0.4 is 10.1 Å². The summed E-state index contributed by atoms with van der Waals surface area (Å²) in [5, 5.41) is 11.9. The fourth-order valence-corrected chi connectivity index (χ4v) is 3.46. The molecule has 164 valence electrons. The largest absolute Gasteiger partial charge is 0.468 e. The topological polar surface area (TPSA) is 86.9 Å². The Kier molecular flexibility index (Phi) is 6.59. The number of nitrogens with zero attached hydrogens (tertiary/aromatic N) is 5. The highest BCUT2D eigenvalue weighted by molar-refractivity contribution is 6.37. The van der Waals surface area contributed by atoms with Crippen LogP contribution >= 0.6 is 34.8 Å². The van der Waals surface area contributed by atoms with Gasteiger partial charge in [0.15, 0.2) is 18.2 Å². The molecular weight excluding hydrogens is 482 g/mol. The molecule has 0 aliphatic heterocycles. The average molecular weight is 496 g/mol. The molecule has 0 atom stereocenters. The van der Waals surface area contributed by atoms with Gasteiger partial charge >= 0.3 is 0 Å². The van der Waals surface area contributed by atoms with E-state index in [0.29, 0.717) is 21.4 Å². The van der Waals surface area contributed by atoms with Crippen molar-refractivity contribution < 1.29 is 13.9 Å². The summed E-state index contributed by atoms with van der Waals surface area (Å²) in [6.07, 6.45) is 3.00. The van der Waals surface area contributed by atoms with Crippen molar-refractivity contribution in [2.24, 2.45) is 0 Å². The Balaban J connectivity index is 1.36. The maximum absolute atomic E-state index is 13.2. The van der Waals surface area contributed by atoms with E-state index in [1.807, 2.05) is 0 Å². The van der Waals surface area contributed by atoms with Crippen LogP contribution in [0.25, 0.3) is 0 Å². The predicted molar refractivity (Wildman–Crippen MR) is 118 cm³/mol. The van der Waals surface area contributed by atoms with E-state index in [4.69, 9.17) is 39.5 Å². The minimum Gasteiger partial charge on any atom is -0.468 e. The molecule has 0 fully saturated rings. The number of nitrogens with one attached hydrogen (secondary N) is 1. The van der Waals surface area contributed by atoms with Gasteiger partial charge in [-0.1, -0.05) is 46.9 Å². The van der Waals surface area contributed by atoms with Gasteiger partial charge in [0.05, 0.1) is 16.6 Å². The molecule has 2 aromatic carbocycles. The first-order valence-electron chi connectivity index (χ1n) is 9.14. The normalized spacial score (nSPS) is 10.9. The third-order valence-electron chi connectivity index (χ3n) is 4.24. The van der Waals surface area contributed by atoms with Gasteiger partial charge < -0.3 is 4.74 Å². The Labute approximate surface area is 196 Å². The number of rotatable bonds is 7. The van der Waals surface area contributed by atoms with Crippen molar-refractivity contribution in [3.8, 4) is 5.75 Å². The molecule has 0 saturated carbocycles. The van der Waals surface area contributed by atoms with Gasteiger partial charge in [-0.05, 0) is 35.9 Å². The Morgan fingerprint density at radius 3 is 2.56 bits per heavy atom. The number of carbonyl (C=O) groups is 1. The third-order valence-corrected chi connectivity index (χ3v) is 5.19. The SMILES string of the molecule is O=C(Nc1ncn(Cc2ccc(F)cc2Cl)n1)c1ccn(COc2c(Cl)cccc2Cl)n1. The Hall–Kier alpha value is -3.14. The molecule has 0 radical (unpaired) electrons. The molecule has 4 rings (SSSR count). The minimum atomic E-state index is -0.503. The second-order valence-corrected chi connectivity index (χ2v) is 7.74. The molecule has 0 aliphatic carbocycles. The zero-order valence-corrected chi connectivity index (χ0v) is 18.4. The van der Waals surface area contributed by atoms with Crippen molar-refractivity contribution in [1.82, 2.24) is 24.5 Å². The van der Waals surface area contributed by atoms with Crippen LogP contribution in [0.2, 0.25) is 15.1 Å². The van der Waals surface area contributed by atoms with Gasteiger partial charge in [0.2, 0.25) is 5.95 Å². The third kappa shape index (κ3) is 5.18. The summed E-state index contributed by atoms with van der Waals surface area (Å²) < 4.78 is 21.6. The van der Waals surface area contributed by atoms with Crippen molar-refractivity contribution in [2.75, 3.05) is 5.32 Å². The monoisotopic (exact) mass is 494 g/mol. The van der Waals surface area contributed by atoms with Crippen molar-refractivity contribution in [2.45, 2.75) is 13.3 Å². The quantitative estimate of drug-likeness (QED) is 0.394. The van der Waals surface area contributed by atoms with E-state index in [1.54, 1.807) is 30.5 Å². The van der Waals surface area contributed by atoms with Crippen LogP contribution in [0.1, 0.15) is 16.1 Å². The van der Waals surface area contributed by atoms with E-state index in [2.05, 4.69) is 20.5 Å². The maximum atomic E-state index is 13.2. The Morgan fingerprint density at radius 2 is 1.81 bits per heavy atom. The number of anilines is 1. The lowest BCUT2D eigenvalue weighted by molar-refractivity contribution is 0.101. The van der Waals surface area contributed by atoms with Gasteiger partial charge in [-0.15, -0.1) is 5.10 Å². The zero-order valence-electron chi connectivity index (χ0n) is 16.2. The second kappa shape index (κ2) is 9.56. The fraction of sp³-hybridized carbons (Fsp3) is 0.100. The number of aromatic nitrogens is 5. The maximum Gasteiger partial charge on any atom is 0.278 e. The van der Waals surface area contributed by atoms with Crippen molar-refractivity contribution >= 4 is 46.7 Å². The van der Waals surface area contributed by atoms with Crippen LogP contribution in [0, 0.1) is 5.82 Å². The smallest absolute Gasteiger partial charge is 0.278 e. The van der Waals surface area contributed by atoms with Gasteiger partial charge in [-0.3, -0.25) is 10.1 Å². The number of hydrogen-bond acceptors (Lipinski definition) is 5. The number of hydrogen-bond donors (Lipinski definition) is 1. The number of para-hydroxylation sites is 1. The Bertz CT molecular complexity index is 1260. The molecule has 0 aliphatic rings. The summed E-state index contributed by atoms with van der Waals surface area (Å²) in [7, 11) is 0. The number of ether oxygens (including phenoxy) is 1. The summed E-state index contributed by atoms with van der Waals surface area (Å²) in [6, 6.07) is 10.6. The average Bonchev–Trinajstić information content (AvgIpc) is 3.39. The summed E-state index contributed by atoms with van der Waals surface area (Å²) in [5.74, 6) is -0.516. The van der Waals surface area contributed by atoms with Gasteiger partial charge in [-0.25, -0.2) is 18.7 Å². The summed E-state index contributed by atoms with van der Waals surface area (Å²) in [4.78, 5) is 16.5. The molecule has 2 aromatic heterocycles. The first-order valence-corrected chi connectivity index (χ1v) is 10.3. The van der Waals surface area contributed by atoms with E-state index < -0.39 is 11.7 Å². The van der Waals surface area contributed by atoms with E-state index in [0.717, 1.165) is 0 Å². The molecule has 0 bridgehead atoms. The lowest BCUT2D eigenvalue weighted by Gasteiger charge is -2.09. The first kappa shape index (κ1) is 22.1. The molecular formula is C20H14Cl3FN6O2. The van der Waals surface area contributed by atoms with Crippen LogP contribution in [0.15, 0.2) is 55.0 Å². The summed E-state index contributed by atoms with van der Waals surface area (Å²) >= 11 is 18.2. The van der Waals surface area contributed by atoms with Gasteiger partial charge in [0.1, 0.15) is 12.1 Å². The molecule has 0 unspecified atom stereocenters. The molecule has 12 heteroatoms. The molecule has 0 saturated heterocycles. The molecule has 4 aromatic rings. The van der Waals surface area contributed by atoms with Crippen LogP contribution in [-0.4, -0.2) is 30.5 Å². The van der Waals surface area contributed by atoms with E-state index in [-0.39, 0.29) is 29.9 Å². The second-order valence-electron chi connectivity index (χ2n) is 6.52. The van der Waals surface area contributed by atoms with Crippen molar-refractivity contribution in [3.63, 3.8) is 0 Å². The van der Waals surface area contributed by atoms with E-state index in [9.17, 15) is 9.18 Å². The number of halogens is 4. The lowest BCUT2D eigenvalue weighted by atomic mass is 10.2. The number of benzene rings is 2. The fourth-order valence-electron chi connectivity index (χ4n) is 2.72. The first-order chi connectivity index (χ1) is 15.4. The lowest BCUT2D eigenvalue weighted by Crippen LogP contribution is -2.15. The number of carbonyl (C=O) groups excluding carboxylic acids is 1. The predicted octanol–water partition coefficient (Wildman–Crippen LogP) is 4.91. The summed E-state index contributed by atoms with van der Waals surface area (Å²) in [5.41, 5.74) is 0.796. The molecule has 1 amide bonds. The standard InChI is InChI=1S/C20H14Cl3FN6O2/c21-14-2-1-3-15(22)18(14)32-11-29-7-6-17(27-29)19(31)26-20-25-10-30(28-20)9-12-4-5-13(24)8-16(12)23/h1-8,10H,9,11H2,(H,26,28,31). The van der Waals surface area contributed by atoms with Crippen molar-refractivity contribution in [1.29, 1.82) is 0 Å². The van der Waals surface area contributed by atoms with Crippen molar-refractivity contribution in [3.05, 3.63) is 87.1 Å². The van der Waals surface area contributed by atoms with Crippen LogP contribution in [-0.2, 0) is 13.3 Å².